The minimum Gasteiger partial charge on any atom is -0.368 e. The van der Waals surface area contributed by atoms with E-state index in [4.69, 9.17) is 5.73 Å². The monoisotopic (exact) mass is 267 g/mol. The fraction of sp³-hybridized carbons (Fsp3) is 0.933. The number of hydrogen-bond acceptors (Lipinski definition) is 3. The Labute approximate surface area is 117 Å². The Kier molecular flexibility index (Phi) is 4.85. The maximum Gasteiger partial charge on any atom is 0.237 e. The van der Waals surface area contributed by atoms with Crippen LogP contribution >= 0.6 is 0 Å². The zero-order chi connectivity index (χ0) is 13.9. The lowest BCUT2D eigenvalue weighted by molar-refractivity contribution is -0.124. The van der Waals surface area contributed by atoms with Crippen molar-refractivity contribution in [3.8, 4) is 0 Å². The number of unbranched alkanes of at least 4 members (excludes halogenated alkanes) is 1. The maximum atomic E-state index is 11.6. The number of amides is 1. The molecule has 19 heavy (non-hydrogen) atoms. The van der Waals surface area contributed by atoms with Crippen LogP contribution in [0.4, 0.5) is 0 Å². The van der Waals surface area contributed by atoms with Crippen molar-refractivity contribution in [2.75, 3.05) is 13.1 Å². The van der Waals surface area contributed by atoms with E-state index >= 15 is 0 Å². The van der Waals surface area contributed by atoms with E-state index in [-0.39, 0.29) is 5.91 Å². The summed E-state index contributed by atoms with van der Waals surface area (Å²) in [5.41, 5.74) is 5.06. The predicted molar refractivity (Wildman–Crippen MR) is 77.9 cm³/mol. The van der Waals surface area contributed by atoms with E-state index in [1.54, 1.807) is 0 Å². The van der Waals surface area contributed by atoms with Gasteiger partial charge in [0.05, 0.1) is 5.54 Å². The van der Waals surface area contributed by atoms with E-state index in [1.807, 2.05) is 6.92 Å². The SMILES string of the molecule is CCN(CCCCC(C)(NC1CC1)C(N)=O)C1CC1. The molecule has 0 bridgehead atoms. The topological polar surface area (TPSA) is 58.4 Å². The summed E-state index contributed by atoms with van der Waals surface area (Å²) in [6, 6.07) is 1.37. The standard InChI is InChI=1S/C15H29N3O/c1-3-18(13-8-9-13)11-5-4-10-15(2,14(16)19)17-12-6-7-12/h12-13,17H,3-11H2,1-2H3,(H2,16,19). The van der Waals surface area contributed by atoms with Gasteiger partial charge in [-0.3, -0.25) is 4.79 Å². The van der Waals surface area contributed by atoms with Crippen LogP contribution in [-0.2, 0) is 4.79 Å². The van der Waals surface area contributed by atoms with E-state index in [2.05, 4.69) is 17.1 Å². The summed E-state index contributed by atoms with van der Waals surface area (Å²) in [4.78, 5) is 14.2. The van der Waals surface area contributed by atoms with Crippen molar-refractivity contribution in [1.82, 2.24) is 10.2 Å². The smallest absolute Gasteiger partial charge is 0.237 e. The quantitative estimate of drug-likeness (QED) is 0.592. The number of rotatable bonds is 10. The van der Waals surface area contributed by atoms with Crippen molar-refractivity contribution in [2.24, 2.45) is 5.73 Å². The Balaban J connectivity index is 1.67. The highest BCUT2D eigenvalue weighted by Crippen LogP contribution is 2.28. The largest absolute Gasteiger partial charge is 0.368 e. The molecule has 0 aromatic carbocycles. The second kappa shape index (κ2) is 6.23. The van der Waals surface area contributed by atoms with Gasteiger partial charge in [0, 0.05) is 12.1 Å². The molecule has 0 spiro atoms. The Morgan fingerprint density at radius 1 is 1.32 bits per heavy atom. The predicted octanol–water partition coefficient (Wildman–Crippen LogP) is 1.64. The van der Waals surface area contributed by atoms with Crippen LogP contribution in [-0.4, -0.2) is 41.5 Å². The normalized spacial score (nSPS) is 22.5. The highest BCUT2D eigenvalue weighted by molar-refractivity contribution is 5.84. The number of nitrogens with one attached hydrogen (secondary N) is 1. The lowest BCUT2D eigenvalue weighted by Crippen LogP contribution is -2.54. The molecule has 2 fully saturated rings. The number of hydrogen-bond donors (Lipinski definition) is 2. The molecule has 4 nitrogen and oxygen atoms in total. The summed E-state index contributed by atoms with van der Waals surface area (Å²) in [6.45, 7) is 6.52. The number of nitrogens with two attached hydrogens (primary N) is 1. The van der Waals surface area contributed by atoms with Gasteiger partial charge >= 0.3 is 0 Å². The maximum absolute atomic E-state index is 11.6. The third-order valence-electron chi connectivity index (χ3n) is 4.49. The Morgan fingerprint density at radius 3 is 2.47 bits per heavy atom. The molecule has 3 N–H and O–H groups in total. The van der Waals surface area contributed by atoms with Gasteiger partial charge in [-0.15, -0.1) is 0 Å². The Bertz CT molecular complexity index is 313. The van der Waals surface area contributed by atoms with Gasteiger partial charge in [0.1, 0.15) is 0 Å². The van der Waals surface area contributed by atoms with Gasteiger partial charge in [-0.05, 0) is 65.0 Å². The van der Waals surface area contributed by atoms with Crippen LogP contribution in [0.5, 0.6) is 0 Å². The van der Waals surface area contributed by atoms with Crippen molar-refractivity contribution in [3.05, 3.63) is 0 Å². The highest BCUT2D eigenvalue weighted by Gasteiger charge is 2.36. The molecule has 2 rings (SSSR count). The molecule has 0 heterocycles. The third kappa shape index (κ3) is 4.46. The molecule has 0 radical (unpaired) electrons. The van der Waals surface area contributed by atoms with Crippen LogP contribution in [0.1, 0.15) is 58.8 Å². The molecule has 0 aliphatic heterocycles. The van der Waals surface area contributed by atoms with E-state index in [0.717, 1.165) is 25.4 Å². The molecule has 1 atom stereocenters. The summed E-state index contributed by atoms with van der Waals surface area (Å²) in [5.74, 6) is -0.200. The molecule has 2 aliphatic carbocycles. The average molecular weight is 267 g/mol. The zero-order valence-corrected chi connectivity index (χ0v) is 12.5. The van der Waals surface area contributed by atoms with Crippen LogP contribution in [0.25, 0.3) is 0 Å². The number of primary amides is 1. The van der Waals surface area contributed by atoms with Crippen molar-refractivity contribution in [3.63, 3.8) is 0 Å². The molecular formula is C15H29N3O. The van der Waals surface area contributed by atoms with Crippen LogP contribution < -0.4 is 11.1 Å². The molecule has 1 amide bonds. The third-order valence-corrected chi connectivity index (χ3v) is 4.49. The van der Waals surface area contributed by atoms with Crippen LogP contribution in [0.3, 0.4) is 0 Å². The number of carbonyl (C=O) groups excluding carboxylic acids is 1. The second-order valence-electron chi connectivity index (χ2n) is 6.43. The second-order valence-corrected chi connectivity index (χ2v) is 6.43. The molecule has 2 aliphatic rings. The first-order valence-corrected chi connectivity index (χ1v) is 7.87. The number of nitrogens with zero attached hydrogens (tertiary/aromatic N) is 1. The first-order chi connectivity index (χ1) is 9.05. The van der Waals surface area contributed by atoms with Gasteiger partial charge < -0.3 is 16.0 Å². The van der Waals surface area contributed by atoms with Crippen molar-refractivity contribution >= 4 is 5.91 Å². The van der Waals surface area contributed by atoms with E-state index < -0.39 is 5.54 Å². The molecule has 0 aromatic heterocycles. The van der Waals surface area contributed by atoms with Crippen LogP contribution in [0, 0.1) is 0 Å². The van der Waals surface area contributed by atoms with Gasteiger partial charge in [0.15, 0.2) is 0 Å². The van der Waals surface area contributed by atoms with Crippen molar-refractivity contribution in [2.45, 2.75) is 76.4 Å². The van der Waals surface area contributed by atoms with Gasteiger partial charge in [0.2, 0.25) is 5.91 Å². The fourth-order valence-corrected chi connectivity index (χ4v) is 2.78. The highest BCUT2D eigenvalue weighted by atomic mass is 16.1. The lowest BCUT2D eigenvalue weighted by Gasteiger charge is -2.28. The average Bonchev–Trinajstić information content (AvgIpc) is 3.22. The molecule has 1 unspecified atom stereocenters. The molecule has 0 aromatic rings. The van der Waals surface area contributed by atoms with Gasteiger partial charge in [-0.2, -0.15) is 0 Å². The minimum absolute atomic E-state index is 0.200. The Morgan fingerprint density at radius 2 is 2.00 bits per heavy atom. The summed E-state index contributed by atoms with van der Waals surface area (Å²) < 4.78 is 0. The van der Waals surface area contributed by atoms with Crippen LogP contribution in [0.2, 0.25) is 0 Å². The first-order valence-electron chi connectivity index (χ1n) is 7.87. The summed E-state index contributed by atoms with van der Waals surface area (Å²) >= 11 is 0. The molecule has 0 saturated heterocycles. The van der Waals surface area contributed by atoms with Crippen molar-refractivity contribution < 1.29 is 4.79 Å². The minimum atomic E-state index is -0.502. The molecule has 4 heteroatoms. The van der Waals surface area contributed by atoms with E-state index in [1.165, 1.54) is 38.6 Å². The Hall–Kier alpha value is -0.610. The van der Waals surface area contributed by atoms with Crippen molar-refractivity contribution in [1.29, 1.82) is 0 Å². The molecular weight excluding hydrogens is 238 g/mol. The lowest BCUT2D eigenvalue weighted by atomic mass is 9.93. The zero-order valence-electron chi connectivity index (χ0n) is 12.5. The first kappa shape index (κ1) is 14.8. The van der Waals surface area contributed by atoms with Crippen LogP contribution in [0.15, 0.2) is 0 Å². The number of carbonyl (C=O) groups is 1. The summed E-state index contributed by atoms with van der Waals surface area (Å²) in [7, 11) is 0. The summed E-state index contributed by atoms with van der Waals surface area (Å²) in [5, 5.41) is 3.42. The van der Waals surface area contributed by atoms with Gasteiger partial charge in [-0.1, -0.05) is 6.92 Å². The summed E-state index contributed by atoms with van der Waals surface area (Å²) in [6.07, 6.45) is 8.22. The van der Waals surface area contributed by atoms with E-state index in [9.17, 15) is 4.79 Å². The fourth-order valence-electron chi connectivity index (χ4n) is 2.78. The molecule has 110 valence electrons. The van der Waals surface area contributed by atoms with Gasteiger partial charge in [-0.25, -0.2) is 0 Å². The van der Waals surface area contributed by atoms with E-state index in [0.29, 0.717) is 6.04 Å². The van der Waals surface area contributed by atoms with Gasteiger partial charge in [0.25, 0.3) is 0 Å². The molecule has 2 saturated carbocycles.